The summed E-state index contributed by atoms with van der Waals surface area (Å²) in [4.78, 5) is 6.84. The molecule has 2 aromatic heterocycles. The molecule has 2 aliphatic rings. The monoisotopic (exact) mass is 288 g/mol. The van der Waals surface area contributed by atoms with E-state index in [1.54, 1.807) is 0 Å². The maximum absolute atomic E-state index is 5.69. The minimum Gasteiger partial charge on any atom is -0.370 e. The zero-order valence-corrected chi connectivity index (χ0v) is 12.2. The Morgan fingerprint density at radius 1 is 1.29 bits per heavy atom. The van der Waals surface area contributed by atoms with Gasteiger partial charge in [0.15, 0.2) is 11.9 Å². The minimum atomic E-state index is -0.0287. The number of pyridine rings is 1. The number of aryl methyl sites for hydroxylation is 1. The molecule has 0 spiro atoms. The first-order chi connectivity index (χ1) is 10.3. The zero-order chi connectivity index (χ0) is 14.2. The fourth-order valence-corrected chi connectivity index (χ4v) is 3.41. The van der Waals surface area contributed by atoms with E-state index in [0.29, 0.717) is 5.92 Å². The van der Waals surface area contributed by atoms with E-state index in [4.69, 9.17) is 9.47 Å². The lowest BCUT2D eigenvalue weighted by Crippen LogP contribution is -2.40. The van der Waals surface area contributed by atoms with Crippen molar-refractivity contribution in [1.82, 2.24) is 14.8 Å². The van der Waals surface area contributed by atoms with Crippen LogP contribution in [-0.2, 0) is 16.5 Å². The number of ether oxygens (including phenoxy) is 2. The second-order valence-electron chi connectivity index (χ2n) is 5.79. The molecule has 2 fully saturated rings. The Labute approximate surface area is 123 Å². The average molecular weight is 288 g/mol. The summed E-state index contributed by atoms with van der Waals surface area (Å²) in [6.45, 7) is 3.49. The molecule has 21 heavy (non-hydrogen) atoms. The van der Waals surface area contributed by atoms with Crippen LogP contribution in [0.5, 0.6) is 0 Å². The van der Waals surface area contributed by atoms with Gasteiger partial charge in [-0.25, -0.2) is 4.98 Å². The van der Waals surface area contributed by atoms with Gasteiger partial charge in [0.2, 0.25) is 0 Å². The SMILES string of the molecule is Cn1ncc2c(N3CCC[C@@H](C4OCCO4)C3)ccnc21. The van der Waals surface area contributed by atoms with Gasteiger partial charge in [-0.2, -0.15) is 5.10 Å². The molecule has 0 aromatic carbocycles. The van der Waals surface area contributed by atoms with Gasteiger partial charge < -0.3 is 14.4 Å². The summed E-state index contributed by atoms with van der Waals surface area (Å²) in [6.07, 6.45) is 6.08. The maximum Gasteiger partial charge on any atom is 0.162 e. The molecule has 0 radical (unpaired) electrons. The Kier molecular flexibility index (Phi) is 3.27. The van der Waals surface area contributed by atoms with Crippen molar-refractivity contribution in [3.05, 3.63) is 18.5 Å². The summed E-state index contributed by atoms with van der Waals surface area (Å²) in [5.41, 5.74) is 2.15. The zero-order valence-electron chi connectivity index (χ0n) is 12.2. The standard InChI is InChI=1S/C15H20N4O2/c1-18-14-12(9-17-18)13(4-5-16-14)19-6-2-3-11(10-19)15-20-7-8-21-15/h4-5,9,11,15H,2-3,6-8,10H2,1H3/t11-/m1/s1. The van der Waals surface area contributed by atoms with Gasteiger partial charge in [-0.15, -0.1) is 0 Å². The summed E-state index contributed by atoms with van der Waals surface area (Å²) in [6, 6.07) is 2.09. The third-order valence-electron chi connectivity index (χ3n) is 4.44. The Hall–Kier alpha value is -1.66. The van der Waals surface area contributed by atoms with Crippen molar-refractivity contribution in [2.75, 3.05) is 31.2 Å². The van der Waals surface area contributed by atoms with E-state index < -0.39 is 0 Å². The largest absolute Gasteiger partial charge is 0.370 e. The molecule has 2 saturated heterocycles. The van der Waals surface area contributed by atoms with Crippen molar-refractivity contribution in [3.63, 3.8) is 0 Å². The first kappa shape index (κ1) is 13.0. The van der Waals surface area contributed by atoms with E-state index >= 15 is 0 Å². The van der Waals surface area contributed by atoms with Crippen molar-refractivity contribution < 1.29 is 9.47 Å². The Morgan fingerprint density at radius 2 is 2.14 bits per heavy atom. The van der Waals surface area contributed by atoms with Crippen LogP contribution in [-0.4, -0.2) is 47.4 Å². The third kappa shape index (κ3) is 2.28. The summed E-state index contributed by atoms with van der Waals surface area (Å²) >= 11 is 0. The van der Waals surface area contributed by atoms with Gasteiger partial charge in [0.05, 0.1) is 30.5 Å². The van der Waals surface area contributed by atoms with E-state index in [-0.39, 0.29) is 6.29 Å². The van der Waals surface area contributed by atoms with Crippen LogP contribution in [0.3, 0.4) is 0 Å². The van der Waals surface area contributed by atoms with Gasteiger partial charge in [0.1, 0.15) is 0 Å². The van der Waals surface area contributed by atoms with Gasteiger partial charge in [-0.05, 0) is 18.9 Å². The molecule has 2 aromatic rings. The highest BCUT2D eigenvalue weighted by Crippen LogP contribution is 2.31. The number of fused-ring (bicyclic) bond motifs is 1. The average Bonchev–Trinajstić information content (AvgIpc) is 3.18. The summed E-state index contributed by atoms with van der Waals surface area (Å²) in [5, 5.41) is 5.45. The van der Waals surface area contributed by atoms with Crippen molar-refractivity contribution in [2.24, 2.45) is 13.0 Å². The maximum atomic E-state index is 5.69. The normalized spacial score (nSPS) is 24.0. The molecule has 6 nitrogen and oxygen atoms in total. The van der Waals surface area contributed by atoms with Crippen molar-refractivity contribution >= 4 is 16.7 Å². The molecule has 0 N–H and O–H groups in total. The summed E-state index contributed by atoms with van der Waals surface area (Å²) < 4.78 is 13.2. The van der Waals surface area contributed by atoms with Crippen LogP contribution in [0.2, 0.25) is 0 Å². The molecule has 2 aliphatic heterocycles. The molecule has 0 unspecified atom stereocenters. The van der Waals surface area contributed by atoms with E-state index in [0.717, 1.165) is 43.8 Å². The van der Waals surface area contributed by atoms with Crippen LogP contribution in [0.1, 0.15) is 12.8 Å². The molecule has 0 bridgehead atoms. The lowest BCUT2D eigenvalue weighted by Gasteiger charge is -2.36. The highest BCUT2D eigenvalue weighted by molar-refractivity contribution is 5.89. The highest BCUT2D eigenvalue weighted by Gasteiger charge is 2.31. The Balaban J connectivity index is 1.62. The first-order valence-corrected chi connectivity index (χ1v) is 7.58. The lowest BCUT2D eigenvalue weighted by molar-refractivity contribution is -0.0858. The molecule has 0 saturated carbocycles. The number of nitrogens with zero attached hydrogens (tertiary/aromatic N) is 4. The predicted molar refractivity (Wildman–Crippen MR) is 79.1 cm³/mol. The van der Waals surface area contributed by atoms with Gasteiger partial charge >= 0.3 is 0 Å². The Morgan fingerprint density at radius 3 is 3.00 bits per heavy atom. The fraction of sp³-hybridized carbons (Fsp3) is 0.600. The summed E-state index contributed by atoms with van der Waals surface area (Å²) in [7, 11) is 1.93. The number of rotatable bonds is 2. The molecular weight excluding hydrogens is 268 g/mol. The molecule has 112 valence electrons. The molecule has 1 atom stereocenters. The number of hydrogen-bond donors (Lipinski definition) is 0. The molecule has 4 rings (SSSR count). The van der Waals surface area contributed by atoms with Crippen LogP contribution in [0.4, 0.5) is 5.69 Å². The Bertz CT molecular complexity index is 636. The van der Waals surface area contributed by atoms with Gasteiger partial charge in [-0.3, -0.25) is 4.68 Å². The highest BCUT2D eigenvalue weighted by atomic mass is 16.7. The van der Waals surface area contributed by atoms with Crippen LogP contribution < -0.4 is 4.90 Å². The van der Waals surface area contributed by atoms with Crippen molar-refractivity contribution in [3.8, 4) is 0 Å². The first-order valence-electron chi connectivity index (χ1n) is 7.58. The van der Waals surface area contributed by atoms with Gasteiger partial charge in [0, 0.05) is 32.3 Å². The van der Waals surface area contributed by atoms with Crippen LogP contribution in [0.15, 0.2) is 18.5 Å². The second-order valence-corrected chi connectivity index (χ2v) is 5.79. The molecular formula is C15H20N4O2. The minimum absolute atomic E-state index is 0.0287. The molecule has 0 aliphatic carbocycles. The second kappa shape index (κ2) is 5.27. The van der Waals surface area contributed by atoms with E-state index in [1.165, 1.54) is 12.1 Å². The fourth-order valence-electron chi connectivity index (χ4n) is 3.41. The van der Waals surface area contributed by atoms with Crippen LogP contribution in [0, 0.1) is 5.92 Å². The van der Waals surface area contributed by atoms with Crippen LogP contribution >= 0.6 is 0 Å². The van der Waals surface area contributed by atoms with E-state index in [2.05, 4.69) is 21.0 Å². The number of piperidine rings is 1. The predicted octanol–water partition coefficient (Wildman–Crippen LogP) is 1.56. The topological polar surface area (TPSA) is 52.4 Å². The lowest BCUT2D eigenvalue weighted by atomic mass is 9.96. The number of aromatic nitrogens is 3. The van der Waals surface area contributed by atoms with Gasteiger partial charge in [0.25, 0.3) is 0 Å². The van der Waals surface area contributed by atoms with Gasteiger partial charge in [-0.1, -0.05) is 0 Å². The van der Waals surface area contributed by atoms with E-state index in [9.17, 15) is 0 Å². The number of hydrogen-bond acceptors (Lipinski definition) is 5. The molecule has 4 heterocycles. The van der Waals surface area contributed by atoms with Crippen molar-refractivity contribution in [2.45, 2.75) is 19.1 Å². The third-order valence-corrected chi connectivity index (χ3v) is 4.44. The molecule has 6 heteroatoms. The van der Waals surface area contributed by atoms with Crippen molar-refractivity contribution in [1.29, 1.82) is 0 Å². The summed E-state index contributed by atoms with van der Waals surface area (Å²) in [5.74, 6) is 0.445. The quantitative estimate of drug-likeness (QED) is 0.839. The number of anilines is 1. The van der Waals surface area contributed by atoms with E-state index in [1.807, 2.05) is 24.1 Å². The molecule has 0 amide bonds. The van der Waals surface area contributed by atoms with Crippen LogP contribution in [0.25, 0.3) is 11.0 Å². The smallest absolute Gasteiger partial charge is 0.162 e.